The Morgan fingerprint density at radius 1 is 1.12 bits per heavy atom. The maximum Gasteiger partial charge on any atom is 0.338 e. The van der Waals surface area contributed by atoms with Crippen molar-refractivity contribution in [1.82, 2.24) is 0 Å². The number of rotatable bonds is 3. The zero-order chi connectivity index (χ0) is 18.1. The average molecular weight is 337 g/mol. The first-order chi connectivity index (χ1) is 11.9. The molecule has 2 aromatic rings. The number of esters is 1. The first kappa shape index (κ1) is 17.2. The number of benzene rings is 2. The van der Waals surface area contributed by atoms with Gasteiger partial charge in [-0.2, -0.15) is 0 Å². The van der Waals surface area contributed by atoms with Crippen LogP contribution < -0.4 is 4.90 Å². The lowest BCUT2D eigenvalue weighted by Gasteiger charge is -2.26. The van der Waals surface area contributed by atoms with Gasteiger partial charge in [-0.05, 0) is 57.9 Å². The van der Waals surface area contributed by atoms with Crippen molar-refractivity contribution < 1.29 is 14.3 Å². The van der Waals surface area contributed by atoms with Crippen molar-refractivity contribution in [2.45, 2.75) is 46.3 Å². The van der Waals surface area contributed by atoms with Gasteiger partial charge in [0.05, 0.1) is 5.56 Å². The minimum Gasteiger partial charge on any atom is -0.449 e. The quantitative estimate of drug-likeness (QED) is 0.800. The second kappa shape index (κ2) is 6.71. The molecule has 0 N–H and O–H groups in total. The van der Waals surface area contributed by atoms with E-state index in [1.807, 2.05) is 51.1 Å². The van der Waals surface area contributed by atoms with E-state index in [9.17, 15) is 9.59 Å². The van der Waals surface area contributed by atoms with E-state index < -0.39 is 12.1 Å². The predicted octanol–water partition coefficient (Wildman–Crippen LogP) is 3.83. The molecule has 0 saturated heterocycles. The SMILES string of the molecule is Cc1cc(C)cc(C(=O)O[C@H](C)C(=O)N2c3ccccc3C[C@@H]2C)c1. The Hall–Kier alpha value is -2.62. The number of hydrogen-bond donors (Lipinski definition) is 0. The summed E-state index contributed by atoms with van der Waals surface area (Å²) in [4.78, 5) is 27.0. The number of carbonyl (C=O) groups excluding carboxylic acids is 2. The third-order valence-corrected chi connectivity index (χ3v) is 4.53. The van der Waals surface area contributed by atoms with Gasteiger partial charge in [-0.3, -0.25) is 4.79 Å². The molecule has 0 aromatic heterocycles. The second-order valence-corrected chi connectivity index (χ2v) is 6.81. The summed E-state index contributed by atoms with van der Waals surface area (Å²) in [6.45, 7) is 7.51. The lowest BCUT2D eigenvalue weighted by molar-refractivity contribution is -0.126. The van der Waals surface area contributed by atoms with Gasteiger partial charge in [-0.15, -0.1) is 0 Å². The lowest BCUT2D eigenvalue weighted by Crippen LogP contribution is -2.43. The predicted molar refractivity (Wildman–Crippen MR) is 97.9 cm³/mol. The van der Waals surface area contributed by atoms with Gasteiger partial charge in [-0.1, -0.05) is 35.4 Å². The zero-order valence-corrected chi connectivity index (χ0v) is 15.1. The van der Waals surface area contributed by atoms with Crippen LogP contribution in [-0.4, -0.2) is 24.0 Å². The smallest absolute Gasteiger partial charge is 0.338 e. The summed E-state index contributed by atoms with van der Waals surface area (Å²) in [6.07, 6.45) is -0.0124. The number of anilines is 1. The monoisotopic (exact) mass is 337 g/mol. The third kappa shape index (κ3) is 3.43. The first-order valence-corrected chi connectivity index (χ1v) is 8.57. The number of hydrogen-bond acceptors (Lipinski definition) is 3. The molecule has 2 aromatic carbocycles. The van der Waals surface area contributed by atoms with Crippen molar-refractivity contribution in [2.75, 3.05) is 4.90 Å². The van der Waals surface area contributed by atoms with Gasteiger partial charge in [0, 0.05) is 11.7 Å². The van der Waals surface area contributed by atoms with Gasteiger partial charge < -0.3 is 9.64 Å². The number of carbonyl (C=O) groups is 2. The van der Waals surface area contributed by atoms with E-state index >= 15 is 0 Å². The molecule has 0 bridgehead atoms. The van der Waals surface area contributed by atoms with Crippen LogP contribution >= 0.6 is 0 Å². The largest absolute Gasteiger partial charge is 0.449 e. The summed E-state index contributed by atoms with van der Waals surface area (Å²) >= 11 is 0. The van der Waals surface area contributed by atoms with Crippen molar-refractivity contribution in [1.29, 1.82) is 0 Å². The van der Waals surface area contributed by atoms with Gasteiger partial charge in [0.25, 0.3) is 5.91 Å². The summed E-state index contributed by atoms with van der Waals surface area (Å²) in [5, 5.41) is 0. The van der Waals surface area contributed by atoms with Gasteiger partial charge in [0.1, 0.15) is 0 Å². The molecule has 0 aliphatic carbocycles. The van der Waals surface area contributed by atoms with E-state index in [2.05, 4.69) is 0 Å². The number of amides is 1. The van der Waals surface area contributed by atoms with Gasteiger partial charge >= 0.3 is 5.97 Å². The highest BCUT2D eigenvalue weighted by Crippen LogP contribution is 2.32. The van der Waals surface area contributed by atoms with Gasteiger partial charge in [0.2, 0.25) is 0 Å². The van der Waals surface area contributed by atoms with Crippen LogP contribution in [-0.2, 0) is 16.0 Å². The Morgan fingerprint density at radius 2 is 1.76 bits per heavy atom. The maximum absolute atomic E-state index is 12.9. The van der Waals surface area contributed by atoms with E-state index in [1.165, 1.54) is 0 Å². The molecule has 4 nitrogen and oxygen atoms in total. The molecule has 0 saturated carbocycles. The van der Waals surface area contributed by atoms with Crippen LogP contribution in [0.2, 0.25) is 0 Å². The maximum atomic E-state index is 12.9. The Balaban J connectivity index is 1.76. The van der Waals surface area contributed by atoms with E-state index in [4.69, 9.17) is 4.74 Å². The lowest BCUT2D eigenvalue weighted by atomic mass is 10.1. The fraction of sp³-hybridized carbons (Fsp3) is 0.333. The summed E-state index contributed by atoms with van der Waals surface area (Å²) in [5.74, 6) is -0.650. The minimum absolute atomic E-state index is 0.0623. The number of ether oxygens (including phenoxy) is 1. The Labute approximate surface area is 148 Å². The third-order valence-electron chi connectivity index (χ3n) is 4.53. The highest BCUT2D eigenvalue weighted by Gasteiger charge is 2.34. The molecule has 1 heterocycles. The second-order valence-electron chi connectivity index (χ2n) is 6.81. The van der Waals surface area contributed by atoms with Crippen LogP contribution in [0.1, 0.15) is 40.9 Å². The molecule has 1 aliphatic heterocycles. The van der Waals surface area contributed by atoms with Crippen LogP contribution in [0, 0.1) is 13.8 Å². The molecule has 2 atom stereocenters. The summed E-state index contributed by atoms with van der Waals surface area (Å²) in [6, 6.07) is 13.5. The molecule has 0 spiro atoms. The zero-order valence-electron chi connectivity index (χ0n) is 15.1. The number of fused-ring (bicyclic) bond motifs is 1. The molecular formula is C21H23NO3. The molecule has 130 valence electrons. The first-order valence-electron chi connectivity index (χ1n) is 8.57. The molecule has 1 aliphatic rings. The molecule has 0 radical (unpaired) electrons. The van der Waals surface area contributed by atoms with Crippen molar-refractivity contribution in [3.05, 3.63) is 64.7 Å². The van der Waals surface area contributed by atoms with E-state index in [0.29, 0.717) is 5.56 Å². The van der Waals surface area contributed by atoms with Crippen molar-refractivity contribution in [3.63, 3.8) is 0 Å². The van der Waals surface area contributed by atoms with E-state index in [-0.39, 0.29) is 11.9 Å². The topological polar surface area (TPSA) is 46.6 Å². The molecule has 1 amide bonds. The Kier molecular flexibility index (Phi) is 4.62. The fourth-order valence-corrected chi connectivity index (χ4v) is 3.47. The average Bonchev–Trinajstić information content (AvgIpc) is 2.88. The highest BCUT2D eigenvalue weighted by molar-refractivity contribution is 6.01. The van der Waals surface area contributed by atoms with Crippen LogP contribution in [0.3, 0.4) is 0 Å². The standard InChI is InChI=1S/C21H23NO3/c1-13-9-14(2)11-18(10-13)21(24)25-16(4)20(23)22-15(3)12-17-7-5-6-8-19(17)22/h5-11,15-16H,12H2,1-4H3/t15-,16+/m0/s1. The molecule has 0 unspecified atom stereocenters. The molecular weight excluding hydrogens is 314 g/mol. The summed E-state index contributed by atoms with van der Waals surface area (Å²) in [5.41, 5.74) is 4.53. The van der Waals surface area contributed by atoms with Gasteiger partial charge in [0.15, 0.2) is 6.10 Å². The fourth-order valence-electron chi connectivity index (χ4n) is 3.47. The Bertz CT molecular complexity index is 807. The van der Waals surface area contributed by atoms with E-state index in [0.717, 1.165) is 28.8 Å². The van der Waals surface area contributed by atoms with Crippen LogP contribution in [0.15, 0.2) is 42.5 Å². The highest BCUT2D eigenvalue weighted by atomic mass is 16.5. The van der Waals surface area contributed by atoms with Crippen LogP contribution in [0.25, 0.3) is 0 Å². The molecule has 3 rings (SSSR count). The number of nitrogens with zero attached hydrogens (tertiary/aromatic N) is 1. The normalized spacial score (nSPS) is 17.1. The summed E-state index contributed by atoms with van der Waals surface area (Å²) in [7, 11) is 0. The number of aryl methyl sites for hydroxylation is 2. The summed E-state index contributed by atoms with van der Waals surface area (Å²) < 4.78 is 5.45. The Morgan fingerprint density at radius 3 is 2.44 bits per heavy atom. The molecule has 4 heteroatoms. The van der Waals surface area contributed by atoms with Crippen LogP contribution in [0.5, 0.6) is 0 Å². The number of para-hydroxylation sites is 1. The minimum atomic E-state index is -0.832. The van der Waals surface area contributed by atoms with Gasteiger partial charge in [-0.25, -0.2) is 4.79 Å². The van der Waals surface area contributed by atoms with Crippen molar-refractivity contribution in [2.24, 2.45) is 0 Å². The molecule has 0 fully saturated rings. The van der Waals surface area contributed by atoms with Crippen LogP contribution in [0.4, 0.5) is 5.69 Å². The van der Waals surface area contributed by atoms with Crippen molar-refractivity contribution >= 4 is 17.6 Å². The van der Waals surface area contributed by atoms with Crippen molar-refractivity contribution in [3.8, 4) is 0 Å². The molecule has 25 heavy (non-hydrogen) atoms. The van der Waals surface area contributed by atoms with E-state index in [1.54, 1.807) is 24.0 Å².